The number of nitriles is 1. The zero-order chi connectivity index (χ0) is 23.4. The van der Waals surface area contributed by atoms with E-state index in [9.17, 15) is 18.5 Å². The van der Waals surface area contributed by atoms with Crippen molar-refractivity contribution in [2.75, 3.05) is 31.9 Å². The molecule has 1 aliphatic heterocycles. The average molecular weight is 499 g/mol. The first kappa shape index (κ1) is 23.4. The maximum absolute atomic E-state index is 13.0. The van der Waals surface area contributed by atoms with Crippen molar-refractivity contribution in [1.82, 2.24) is 14.2 Å². The van der Waals surface area contributed by atoms with Crippen molar-refractivity contribution in [3.8, 4) is 17.3 Å². The highest BCUT2D eigenvalue weighted by molar-refractivity contribution is 8.01. The van der Waals surface area contributed by atoms with Crippen LogP contribution in [0.1, 0.15) is 11.1 Å². The van der Waals surface area contributed by atoms with Crippen molar-refractivity contribution in [2.45, 2.75) is 16.2 Å². The highest BCUT2D eigenvalue weighted by Crippen LogP contribution is 2.29. The van der Waals surface area contributed by atoms with Crippen LogP contribution in [0.15, 0.2) is 63.1 Å². The van der Waals surface area contributed by atoms with Gasteiger partial charge in [0.1, 0.15) is 6.07 Å². The molecule has 33 heavy (non-hydrogen) atoms. The largest absolute Gasteiger partial charge is 0.339 e. The van der Waals surface area contributed by atoms with Crippen LogP contribution in [-0.2, 0) is 14.8 Å². The molecule has 7 nitrogen and oxygen atoms in total. The number of carbonyl (C=O) groups is 1. The Morgan fingerprint density at radius 2 is 1.82 bits per heavy atom. The lowest BCUT2D eigenvalue weighted by Gasteiger charge is -2.34. The number of aryl methyl sites for hydroxylation is 1. The fraction of sp³-hybridized carbons (Fsp3) is 0.261. The molecule has 2 heterocycles. The molecule has 0 saturated carbocycles. The number of hydrogen-bond donors (Lipinski definition) is 0. The van der Waals surface area contributed by atoms with E-state index in [1.807, 2.05) is 42.6 Å². The normalized spacial score (nSPS) is 14.7. The summed E-state index contributed by atoms with van der Waals surface area (Å²) in [5.41, 5.74) is 3.26. The van der Waals surface area contributed by atoms with Gasteiger partial charge in [0, 0.05) is 37.1 Å². The highest BCUT2D eigenvalue weighted by atomic mass is 32.2. The second-order valence-corrected chi connectivity index (χ2v) is 11.5. The number of piperazine rings is 1. The Balaban J connectivity index is 1.32. The maximum atomic E-state index is 13.0. The Morgan fingerprint density at radius 1 is 1.12 bits per heavy atom. The molecule has 170 valence electrons. The molecule has 0 N–H and O–H groups in total. The molecular formula is C23H22N4O3S3. The molecule has 3 aromatic rings. The first-order chi connectivity index (χ1) is 15.9. The highest BCUT2D eigenvalue weighted by Gasteiger charge is 2.31. The molecule has 1 amide bonds. The number of benzene rings is 2. The second kappa shape index (κ2) is 10.1. The minimum atomic E-state index is -3.78. The molecule has 0 aliphatic carbocycles. The summed E-state index contributed by atoms with van der Waals surface area (Å²) >= 11 is 2.91. The molecule has 0 atom stereocenters. The van der Waals surface area contributed by atoms with E-state index in [-0.39, 0.29) is 35.2 Å². The van der Waals surface area contributed by atoms with Crippen LogP contribution < -0.4 is 0 Å². The third kappa shape index (κ3) is 5.28. The van der Waals surface area contributed by atoms with Gasteiger partial charge in [0.2, 0.25) is 15.9 Å². The fourth-order valence-electron chi connectivity index (χ4n) is 3.50. The van der Waals surface area contributed by atoms with Crippen molar-refractivity contribution in [1.29, 1.82) is 5.26 Å². The Morgan fingerprint density at radius 3 is 2.52 bits per heavy atom. The summed E-state index contributed by atoms with van der Waals surface area (Å²) in [5, 5.41) is 11.2. The van der Waals surface area contributed by atoms with E-state index in [4.69, 9.17) is 0 Å². The number of nitrogens with zero attached hydrogens (tertiary/aromatic N) is 4. The lowest BCUT2D eigenvalue weighted by Crippen LogP contribution is -2.51. The third-order valence-corrected chi connectivity index (χ3v) is 9.33. The van der Waals surface area contributed by atoms with Gasteiger partial charge in [0.05, 0.1) is 21.9 Å². The minimum absolute atomic E-state index is 0.0102. The number of aromatic nitrogens is 1. The lowest BCUT2D eigenvalue weighted by atomic mass is 10.1. The summed E-state index contributed by atoms with van der Waals surface area (Å²) < 4.78 is 28.1. The van der Waals surface area contributed by atoms with Crippen LogP contribution in [0.4, 0.5) is 0 Å². The summed E-state index contributed by atoms with van der Waals surface area (Å²) in [7, 11) is -3.78. The molecule has 0 spiro atoms. The van der Waals surface area contributed by atoms with Crippen molar-refractivity contribution in [2.24, 2.45) is 0 Å². The Hall–Kier alpha value is -2.71. The molecule has 0 bridgehead atoms. The van der Waals surface area contributed by atoms with Gasteiger partial charge in [0.15, 0.2) is 4.34 Å². The van der Waals surface area contributed by atoms with Crippen LogP contribution >= 0.6 is 23.1 Å². The number of thioether (sulfide) groups is 1. The molecule has 1 aromatic heterocycles. The molecular weight excluding hydrogens is 476 g/mol. The van der Waals surface area contributed by atoms with Gasteiger partial charge in [-0.25, -0.2) is 13.4 Å². The minimum Gasteiger partial charge on any atom is -0.339 e. The molecule has 1 aliphatic rings. The molecule has 10 heteroatoms. The van der Waals surface area contributed by atoms with E-state index < -0.39 is 10.0 Å². The monoisotopic (exact) mass is 498 g/mol. The van der Waals surface area contributed by atoms with Gasteiger partial charge in [-0.1, -0.05) is 53.7 Å². The second-order valence-electron chi connectivity index (χ2n) is 7.55. The van der Waals surface area contributed by atoms with Crippen LogP contribution in [0.5, 0.6) is 0 Å². The van der Waals surface area contributed by atoms with Crippen LogP contribution in [0.3, 0.4) is 0 Å². The van der Waals surface area contributed by atoms with Gasteiger partial charge in [-0.2, -0.15) is 9.57 Å². The van der Waals surface area contributed by atoms with Crippen LogP contribution in [0, 0.1) is 18.3 Å². The predicted molar refractivity (Wildman–Crippen MR) is 130 cm³/mol. The van der Waals surface area contributed by atoms with Crippen LogP contribution in [-0.4, -0.2) is 60.4 Å². The number of rotatable bonds is 6. The third-order valence-electron chi connectivity index (χ3n) is 5.37. The van der Waals surface area contributed by atoms with Gasteiger partial charge in [-0.3, -0.25) is 4.79 Å². The van der Waals surface area contributed by atoms with Crippen molar-refractivity contribution < 1.29 is 13.2 Å². The first-order valence-electron chi connectivity index (χ1n) is 10.3. The average Bonchev–Trinajstić information content (AvgIpc) is 3.32. The molecule has 1 saturated heterocycles. The molecule has 1 fully saturated rings. The zero-order valence-electron chi connectivity index (χ0n) is 18.0. The van der Waals surface area contributed by atoms with Gasteiger partial charge >= 0.3 is 0 Å². The van der Waals surface area contributed by atoms with E-state index in [0.717, 1.165) is 15.6 Å². The van der Waals surface area contributed by atoms with E-state index in [0.29, 0.717) is 13.1 Å². The maximum Gasteiger partial charge on any atom is 0.244 e. The van der Waals surface area contributed by atoms with Crippen molar-refractivity contribution in [3.63, 3.8) is 0 Å². The summed E-state index contributed by atoms with van der Waals surface area (Å²) in [5.74, 6) is 0.215. The Labute approximate surface area is 201 Å². The van der Waals surface area contributed by atoms with Crippen molar-refractivity contribution >= 4 is 39.0 Å². The zero-order valence-corrected chi connectivity index (χ0v) is 20.4. The quantitative estimate of drug-likeness (QED) is 0.482. The molecule has 2 aromatic carbocycles. The first-order valence-corrected chi connectivity index (χ1v) is 13.6. The Kier molecular flexibility index (Phi) is 7.14. The van der Waals surface area contributed by atoms with Gasteiger partial charge in [-0.05, 0) is 19.1 Å². The number of thiazole rings is 1. The molecule has 4 rings (SSSR count). The van der Waals surface area contributed by atoms with E-state index in [2.05, 4.69) is 4.98 Å². The number of carbonyl (C=O) groups excluding carboxylic acids is 1. The van der Waals surface area contributed by atoms with Gasteiger partial charge in [0.25, 0.3) is 0 Å². The van der Waals surface area contributed by atoms with Crippen LogP contribution in [0.25, 0.3) is 11.3 Å². The van der Waals surface area contributed by atoms with Crippen molar-refractivity contribution in [3.05, 3.63) is 65.0 Å². The van der Waals surface area contributed by atoms with Crippen LogP contribution in [0.2, 0.25) is 0 Å². The SMILES string of the molecule is Cc1ccc(-c2csc(SCC(=O)N3CCN(S(=O)(=O)c4ccccc4C#N)CC3)n2)cc1. The summed E-state index contributed by atoms with van der Waals surface area (Å²) in [6.45, 7) is 3.08. The number of sulfonamides is 1. The topological polar surface area (TPSA) is 94.4 Å². The number of hydrogen-bond acceptors (Lipinski definition) is 7. The summed E-state index contributed by atoms with van der Waals surface area (Å²) in [6, 6.07) is 16.3. The standard InChI is InChI=1S/C23H22N4O3S3/c1-17-6-8-18(9-7-17)20-15-31-23(25-20)32-16-22(28)26-10-12-27(13-11-26)33(29,30)21-5-3-2-4-19(21)14-24/h2-9,15H,10-13,16H2,1H3. The van der Waals surface area contributed by atoms with E-state index >= 15 is 0 Å². The van der Waals surface area contributed by atoms with Gasteiger partial charge in [-0.15, -0.1) is 11.3 Å². The summed E-state index contributed by atoms with van der Waals surface area (Å²) in [6.07, 6.45) is 0. The molecule has 0 unspecified atom stereocenters. The lowest BCUT2D eigenvalue weighted by molar-refractivity contribution is -0.129. The van der Waals surface area contributed by atoms with E-state index in [1.165, 1.54) is 45.1 Å². The van der Waals surface area contributed by atoms with Gasteiger partial charge < -0.3 is 4.90 Å². The summed E-state index contributed by atoms with van der Waals surface area (Å²) in [4.78, 5) is 19.0. The fourth-order valence-corrected chi connectivity index (χ4v) is 6.80. The molecule has 0 radical (unpaired) electrons. The smallest absolute Gasteiger partial charge is 0.244 e. The Bertz CT molecular complexity index is 1290. The predicted octanol–water partition coefficient (Wildman–Crippen LogP) is 3.62. The number of amides is 1. The van der Waals surface area contributed by atoms with E-state index in [1.54, 1.807) is 17.0 Å².